The fourth-order valence-electron chi connectivity index (χ4n) is 1.58. The molecular weight excluding hydrogens is 176 g/mol. The topological polar surface area (TPSA) is 104 Å². The molecule has 1 aromatic heterocycles. The molecule has 4 atom stereocenters. The first kappa shape index (κ1) is 8.54. The molecule has 7 heteroatoms. The molecule has 1 aromatic rings. The zero-order valence-corrected chi connectivity index (χ0v) is 6.94. The number of hydrogen-bond acceptors (Lipinski definition) is 6. The summed E-state index contributed by atoms with van der Waals surface area (Å²) in [5.74, 6) is 0.193. The quantitative estimate of drug-likeness (QED) is 0.468. The number of fused-ring (bicyclic) bond motifs is 1. The molecule has 72 valence electrons. The average molecular weight is 186 g/mol. The van der Waals surface area contributed by atoms with Gasteiger partial charge in [0.25, 0.3) is 0 Å². The molecule has 0 radical (unpaired) electrons. The molecule has 0 aromatic carbocycles. The smallest absolute Gasteiger partial charge is 0.183 e. The fraction of sp³-hybridized carbons (Fsp3) is 0.833. The molecule has 2 heterocycles. The summed E-state index contributed by atoms with van der Waals surface area (Å²) in [6, 6.07) is -0.667. The molecule has 0 bridgehead atoms. The van der Waals surface area contributed by atoms with E-state index in [4.69, 9.17) is 0 Å². The second kappa shape index (κ2) is 2.72. The van der Waals surface area contributed by atoms with Crippen molar-refractivity contribution in [3.63, 3.8) is 0 Å². The van der Waals surface area contributed by atoms with Crippen LogP contribution in [0.4, 0.5) is 0 Å². The summed E-state index contributed by atoms with van der Waals surface area (Å²) in [6.45, 7) is 1.51. The number of aliphatic hydroxyl groups excluding tert-OH is 3. The molecule has 2 rings (SSSR count). The minimum absolute atomic E-state index is 0.193. The van der Waals surface area contributed by atoms with Crippen molar-refractivity contribution in [3.8, 4) is 0 Å². The van der Waals surface area contributed by atoms with Crippen LogP contribution in [0.3, 0.4) is 0 Å². The van der Waals surface area contributed by atoms with Gasteiger partial charge in [0.2, 0.25) is 0 Å². The van der Waals surface area contributed by atoms with Crippen molar-refractivity contribution < 1.29 is 15.3 Å². The van der Waals surface area contributed by atoms with Crippen LogP contribution in [0.2, 0.25) is 0 Å². The number of nitrogens with zero attached hydrogens (tertiary/aromatic N) is 4. The molecule has 0 spiro atoms. The predicted octanol–water partition coefficient (Wildman–Crippen LogP) is -2.00. The van der Waals surface area contributed by atoms with Gasteiger partial charge in [0.1, 0.15) is 18.2 Å². The number of aromatic nitrogens is 4. The maximum Gasteiger partial charge on any atom is 0.183 e. The number of tetrazole rings is 1. The van der Waals surface area contributed by atoms with Crippen LogP contribution in [0.25, 0.3) is 0 Å². The lowest BCUT2D eigenvalue weighted by Gasteiger charge is -2.18. The highest BCUT2D eigenvalue weighted by Crippen LogP contribution is 2.33. The Bertz CT molecular complexity index is 313. The summed E-state index contributed by atoms with van der Waals surface area (Å²) < 4.78 is 1.25. The second-order valence-electron chi connectivity index (χ2n) is 3.15. The van der Waals surface area contributed by atoms with Crippen LogP contribution in [0, 0.1) is 0 Å². The van der Waals surface area contributed by atoms with Crippen molar-refractivity contribution in [1.29, 1.82) is 0 Å². The molecule has 0 fully saturated rings. The lowest BCUT2D eigenvalue weighted by Crippen LogP contribution is -2.30. The minimum Gasteiger partial charge on any atom is -0.391 e. The monoisotopic (exact) mass is 186 g/mol. The number of rotatable bonds is 1. The molecule has 3 unspecified atom stereocenters. The predicted molar refractivity (Wildman–Crippen MR) is 39.5 cm³/mol. The van der Waals surface area contributed by atoms with Gasteiger partial charge in [0, 0.05) is 0 Å². The van der Waals surface area contributed by atoms with E-state index in [1.165, 1.54) is 11.6 Å². The summed E-state index contributed by atoms with van der Waals surface area (Å²) in [6.07, 6.45) is -3.00. The molecule has 1 aliphatic heterocycles. The zero-order valence-electron chi connectivity index (χ0n) is 6.94. The Hall–Kier alpha value is -1.05. The Kier molecular flexibility index (Phi) is 1.79. The number of hydrogen-bond donors (Lipinski definition) is 3. The van der Waals surface area contributed by atoms with E-state index in [2.05, 4.69) is 15.5 Å². The van der Waals surface area contributed by atoms with E-state index < -0.39 is 24.4 Å². The third kappa shape index (κ3) is 1.05. The van der Waals surface area contributed by atoms with Crippen molar-refractivity contribution in [2.45, 2.75) is 31.3 Å². The molecule has 3 N–H and O–H groups in total. The molecule has 0 amide bonds. The first-order chi connectivity index (χ1) is 6.13. The van der Waals surface area contributed by atoms with Crippen LogP contribution in [-0.2, 0) is 0 Å². The molecule has 1 aliphatic rings. The van der Waals surface area contributed by atoms with E-state index in [0.29, 0.717) is 0 Å². The Morgan fingerprint density at radius 1 is 1.46 bits per heavy atom. The highest BCUT2D eigenvalue weighted by molar-refractivity contribution is 5.05. The van der Waals surface area contributed by atoms with E-state index in [1.807, 2.05) is 0 Å². The molecule has 13 heavy (non-hydrogen) atoms. The van der Waals surface area contributed by atoms with Gasteiger partial charge in [-0.25, -0.2) is 4.68 Å². The van der Waals surface area contributed by atoms with Gasteiger partial charge in [-0.1, -0.05) is 0 Å². The van der Waals surface area contributed by atoms with Crippen LogP contribution in [0.1, 0.15) is 24.9 Å². The van der Waals surface area contributed by atoms with Crippen LogP contribution in [0.15, 0.2) is 0 Å². The zero-order chi connectivity index (χ0) is 9.59. The van der Waals surface area contributed by atoms with E-state index >= 15 is 0 Å². The molecule has 0 saturated carbocycles. The second-order valence-corrected chi connectivity index (χ2v) is 3.15. The Labute approximate surface area is 73.6 Å². The van der Waals surface area contributed by atoms with Gasteiger partial charge in [0.05, 0.1) is 6.10 Å². The first-order valence-corrected chi connectivity index (χ1v) is 3.95. The molecule has 0 aliphatic carbocycles. The lowest BCUT2D eigenvalue weighted by atomic mass is 10.1. The maximum atomic E-state index is 9.50. The number of aliphatic hydroxyl groups is 3. The van der Waals surface area contributed by atoms with Gasteiger partial charge < -0.3 is 15.3 Å². The summed E-state index contributed by atoms with van der Waals surface area (Å²) in [5, 5.41) is 38.7. The normalized spacial score (nSPS) is 34.6. The summed E-state index contributed by atoms with van der Waals surface area (Å²) in [4.78, 5) is 0. The van der Waals surface area contributed by atoms with Crippen molar-refractivity contribution in [2.75, 3.05) is 0 Å². The van der Waals surface area contributed by atoms with Crippen LogP contribution in [0.5, 0.6) is 0 Å². The van der Waals surface area contributed by atoms with Crippen molar-refractivity contribution in [2.24, 2.45) is 0 Å². The van der Waals surface area contributed by atoms with Gasteiger partial charge in [-0.3, -0.25) is 0 Å². The van der Waals surface area contributed by atoms with Gasteiger partial charge >= 0.3 is 0 Å². The largest absolute Gasteiger partial charge is 0.391 e. The summed E-state index contributed by atoms with van der Waals surface area (Å²) >= 11 is 0. The summed E-state index contributed by atoms with van der Waals surface area (Å²) in [5.41, 5.74) is 0. The van der Waals surface area contributed by atoms with Crippen molar-refractivity contribution in [1.82, 2.24) is 20.2 Å². The highest BCUT2D eigenvalue weighted by Gasteiger charge is 2.43. The average Bonchev–Trinajstić information content (AvgIpc) is 2.57. The maximum absolute atomic E-state index is 9.50. The minimum atomic E-state index is -1.12. The first-order valence-electron chi connectivity index (χ1n) is 3.95. The standard InChI is InChI=1S/C6H10N4O3/c1-2(11)3-4(12)5(13)6-7-8-9-10(3)6/h2-5,11-13H,1H3/t2-,3?,4?,5?/m0/s1. The SMILES string of the molecule is C[C@H](O)C1C(O)C(O)c2nnnn21. The van der Waals surface area contributed by atoms with Gasteiger partial charge in [-0.2, -0.15) is 0 Å². The lowest BCUT2D eigenvalue weighted by molar-refractivity contribution is -0.0247. The van der Waals surface area contributed by atoms with Crippen LogP contribution in [-0.4, -0.2) is 47.7 Å². The third-order valence-corrected chi connectivity index (χ3v) is 2.23. The van der Waals surface area contributed by atoms with Crippen molar-refractivity contribution in [3.05, 3.63) is 5.82 Å². The van der Waals surface area contributed by atoms with Crippen LogP contribution < -0.4 is 0 Å². The van der Waals surface area contributed by atoms with E-state index in [0.717, 1.165) is 0 Å². The third-order valence-electron chi connectivity index (χ3n) is 2.23. The molecular formula is C6H10N4O3. The fourth-order valence-corrected chi connectivity index (χ4v) is 1.58. The van der Waals surface area contributed by atoms with E-state index in [1.54, 1.807) is 0 Å². The molecule has 7 nitrogen and oxygen atoms in total. The Morgan fingerprint density at radius 2 is 2.15 bits per heavy atom. The van der Waals surface area contributed by atoms with Gasteiger partial charge in [-0.05, 0) is 17.4 Å². The van der Waals surface area contributed by atoms with E-state index in [9.17, 15) is 15.3 Å². The Morgan fingerprint density at radius 3 is 2.77 bits per heavy atom. The van der Waals surface area contributed by atoms with Crippen molar-refractivity contribution >= 4 is 0 Å². The van der Waals surface area contributed by atoms with Gasteiger partial charge in [-0.15, -0.1) is 5.10 Å². The van der Waals surface area contributed by atoms with E-state index in [-0.39, 0.29) is 5.82 Å². The molecule has 0 saturated heterocycles. The summed E-state index contributed by atoms with van der Waals surface area (Å²) in [7, 11) is 0. The Balaban J connectivity index is 2.42. The highest BCUT2D eigenvalue weighted by atomic mass is 16.3. The van der Waals surface area contributed by atoms with Crippen LogP contribution >= 0.6 is 0 Å². The van der Waals surface area contributed by atoms with Gasteiger partial charge in [0.15, 0.2) is 5.82 Å².